The number of hydrogen-bond acceptors (Lipinski definition) is 4. The molecule has 2 aromatic rings. The number of halogens is 2. The molecule has 20 heavy (non-hydrogen) atoms. The van der Waals surface area contributed by atoms with Crippen molar-refractivity contribution in [3.8, 4) is 11.5 Å². The highest BCUT2D eigenvalue weighted by molar-refractivity contribution is 7.20. The van der Waals surface area contributed by atoms with Crippen molar-refractivity contribution in [3.63, 3.8) is 0 Å². The van der Waals surface area contributed by atoms with Crippen molar-refractivity contribution in [3.05, 3.63) is 44.1 Å². The van der Waals surface area contributed by atoms with Crippen LogP contribution >= 0.6 is 34.5 Å². The number of ether oxygens (including phenoxy) is 2. The van der Waals surface area contributed by atoms with E-state index in [9.17, 15) is 0 Å². The smallest absolute Gasteiger partial charge is 0.231 e. The average molecular weight is 330 g/mol. The van der Waals surface area contributed by atoms with Crippen LogP contribution in [0.2, 0.25) is 8.67 Å². The van der Waals surface area contributed by atoms with Gasteiger partial charge in [0, 0.05) is 5.56 Å². The third-order valence-corrected chi connectivity index (χ3v) is 4.65. The van der Waals surface area contributed by atoms with Gasteiger partial charge in [0.15, 0.2) is 11.5 Å². The number of nitrogens with one attached hydrogen (secondary N) is 1. The van der Waals surface area contributed by atoms with Crippen molar-refractivity contribution < 1.29 is 9.47 Å². The van der Waals surface area contributed by atoms with Gasteiger partial charge in [0.1, 0.15) is 0 Å². The van der Waals surface area contributed by atoms with Crippen LogP contribution in [0.1, 0.15) is 24.1 Å². The summed E-state index contributed by atoms with van der Waals surface area (Å²) in [6, 6.07) is 7.82. The minimum absolute atomic E-state index is 0.00856. The van der Waals surface area contributed by atoms with Crippen LogP contribution in [-0.2, 0) is 0 Å². The highest BCUT2D eigenvalue weighted by Gasteiger charge is 2.22. The summed E-state index contributed by atoms with van der Waals surface area (Å²) in [5.41, 5.74) is 2.06. The zero-order chi connectivity index (χ0) is 14.1. The van der Waals surface area contributed by atoms with Gasteiger partial charge in [-0.2, -0.15) is 0 Å². The Balaban J connectivity index is 2.00. The molecule has 0 aliphatic carbocycles. The van der Waals surface area contributed by atoms with Gasteiger partial charge in [-0.3, -0.25) is 0 Å². The third-order valence-electron chi connectivity index (χ3n) is 3.13. The molecule has 0 fully saturated rings. The van der Waals surface area contributed by atoms with Gasteiger partial charge in [-0.05, 0) is 30.3 Å². The zero-order valence-electron chi connectivity index (χ0n) is 10.8. The molecule has 3 nitrogen and oxygen atoms in total. The van der Waals surface area contributed by atoms with Crippen molar-refractivity contribution in [1.29, 1.82) is 0 Å². The second-order valence-electron chi connectivity index (χ2n) is 4.38. The molecule has 106 valence electrons. The van der Waals surface area contributed by atoms with Crippen molar-refractivity contribution in [2.75, 3.05) is 13.3 Å². The van der Waals surface area contributed by atoms with E-state index in [1.165, 1.54) is 11.3 Å². The minimum atomic E-state index is -0.00856. The van der Waals surface area contributed by atoms with Gasteiger partial charge < -0.3 is 14.8 Å². The molecule has 3 rings (SSSR count). The summed E-state index contributed by atoms with van der Waals surface area (Å²) in [5, 5.41) is 3.43. The van der Waals surface area contributed by atoms with Gasteiger partial charge >= 0.3 is 0 Å². The molecule has 1 aliphatic rings. The summed E-state index contributed by atoms with van der Waals surface area (Å²) in [7, 11) is 0. The number of thiophene rings is 1. The molecule has 0 saturated heterocycles. The summed E-state index contributed by atoms with van der Waals surface area (Å²) >= 11 is 13.7. The van der Waals surface area contributed by atoms with E-state index in [4.69, 9.17) is 32.7 Å². The Hall–Kier alpha value is -0.940. The fraction of sp³-hybridized carbons (Fsp3) is 0.286. The zero-order valence-corrected chi connectivity index (χ0v) is 13.1. The van der Waals surface area contributed by atoms with Crippen LogP contribution in [0.4, 0.5) is 0 Å². The lowest BCUT2D eigenvalue weighted by Gasteiger charge is -2.18. The second kappa shape index (κ2) is 5.82. The standard InChI is InChI=1S/C14H13Cl2NO2S/c1-2-17-13(9-6-12(15)20-14(9)16)8-3-4-10-11(5-8)19-7-18-10/h3-6,13,17H,2,7H2,1H3. The summed E-state index contributed by atoms with van der Waals surface area (Å²) in [6.07, 6.45) is 0. The molecule has 1 atom stereocenters. The molecule has 1 N–H and O–H groups in total. The van der Waals surface area contributed by atoms with Crippen molar-refractivity contribution in [1.82, 2.24) is 5.32 Å². The minimum Gasteiger partial charge on any atom is -0.454 e. The van der Waals surface area contributed by atoms with E-state index >= 15 is 0 Å². The number of rotatable bonds is 4. The van der Waals surface area contributed by atoms with Crippen molar-refractivity contribution in [2.24, 2.45) is 0 Å². The lowest BCUT2D eigenvalue weighted by atomic mass is 10.0. The van der Waals surface area contributed by atoms with E-state index in [0.717, 1.165) is 29.2 Å². The maximum atomic E-state index is 6.28. The molecule has 0 bridgehead atoms. The van der Waals surface area contributed by atoms with Gasteiger partial charge in [-0.15, -0.1) is 11.3 Å². The maximum absolute atomic E-state index is 6.28. The predicted octanol–water partition coefficient (Wildman–Crippen LogP) is 4.48. The lowest BCUT2D eigenvalue weighted by Crippen LogP contribution is -2.21. The largest absolute Gasteiger partial charge is 0.454 e. The maximum Gasteiger partial charge on any atom is 0.231 e. The molecule has 0 spiro atoms. The van der Waals surface area contributed by atoms with Crippen molar-refractivity contribution >= 4 is 34.5 Å². The van der Waals surface area contributed by atoms with E-state index in [2.05, 4.69) is 12.2 Å². The van der Waals surface area contributed by atoms with E-state index in [1.54, 1.807) is 0 Å². The molecule has 0 radical (unpaired) electrons. The molecule has 6 heteroatoms. The molecule has 1 unspecified atom stereocenters. The Labute approximate surface area is 131 Å². The quantitative estimate of drug-likeness (QED) is 0.896. The van der Waals surface area contributed by atoms with Crippen LogP contribution in [0.25, 0.3) is 0 Å². The monoisotopic (exact) mass is 329 g/mol. The molecular weight excluding hydrogens is 317 g/mol. The van der Waals surface area contributed by atoms with Crippen LogP contribution < -0.4 is 14.8 Å². The fourth-order valence-corrected chi connectivity index (χ4v) is 3.79. The molecule has 2 heterocycles. The van der Waals surface area contributed by atoms with Crippen LogP contribution in [-0.4, -0.2) is 13.3 Å². The van der Waals surface area contributed by atoms with E-state index in [1.807, 2.05) is 24.3 Å². The first-order valence-corrected chi connectivity index (χ1v) is 7.84. The number of hydrogen-bond donors (Lipinski definition) is 1. The van der Waals surface area contributed by atoms with Gasteiger partial charge in [0.05, 0.1) is 14.7 Å². The molecule has 1 aromatic carbocycles. The number of benzene rings is 1. The Morgan fingerprint density at radius 1 is 1.25 bits per heavy atom. The third kappa shape index (κ3) is 2.61. The van der Waals surface area contributed by atoms with Crippen molar-refractivity contribution in [2.45, 2.75) is 13.0 Å². The molecular formula is C14H13Cl2NO2S. The molecule has 1 aromatic heterocycles. The van der Waals surface area contributed by atoms with Gasteiger partial charge in [0.25, 0.3) is 0 Å². The van der Waals surface area contributed by atoms with Crippen LogP contribution in [0.3, 0.4) is 0 Å². The topological polar surface area (TPSA) is 30.5 Å². The lowest BCUT2D eigenvalue weighted by molar-refractivity contribution is 0.174. The Bertz CT molecular complexity index is 630. The second-order valence-corrected chi connectivity index (χ2v) is 6.67. The molecule has 0 saturated carbocycles. The van der Waals surface area contributed by atoms with Gasteiger partial charge in [-0.1, -0.05) is 36.2 Å². The molecule has 0 amide bonds. The van der Waals surface area contributed by atoms with E-state index in [-0.39, 0.29) is 12.8 Å². The predicted molar refractivity (Wildman–Crippen MR) is 82.4 cm³/mol. The average Bonchev–Trinajstić information content (AvgIpc) is 3.01. The Kier molecular flexibility index (Phi) is 4.08. The van der Waals surface area contributed by atoms with Crippen LogP contribution in [0.5, 0.6) is 11.5 Å². The highest BCUT2D eigenvalue weighted by atomic mass is 35.5. The Morgan fingerprint density at radius 2 is 2.05 bits per heavy atom. The first kappa shape index (κ1) is 14.0. The fourth-order valence-electron chi connectivity index (χ4n) is 2.25. The van der Waals surface area contributed by atoms with E-state index in [0.29, 0.717) is 8.67 Å². The van der Waals surface area contributed by atoms with Gasteiger partial charge in [0.2, 0.25) is 6.79 Å². The van der Waals surface area contributed by atoms with Gasteiger partial charge in [-0.25, -0.2) is 0 Å². The normalized spacial score (nSPS) is 14.6. The van der Waals surface area contributed by atoms with E-state index < -0.39 is 0 Å². The number of fused-ring (bicyclic) bond motifs is 1. The highest BCUT2D eigenvalue weighted by Crippen LogP contribution is 2.40. The SMILES string of the molecule is CCNC(c1ccc2c(c1)OCO2)c1cc(Cl)sc1Cl. The summed E-state index contributed by atoms with van der Waals surface area (Å²) < 4.78 is 12.2. The molecule has 1 aliphatic heterocycles. The summed E-state index contributed by atoms with van der Waals surface area (Å²) in [6.45, 7) is 3.15. The van der Waals surface area contributed by atoms with Crippen LogP contribution in [0.15, 0.2) is 24.3 Å². The Morgan fingerprint density at radius 3 is 2.75 bits per heavy atom. The van der Waals surface area contributed by atoms with Crippen LogP contribution in [0, 0.1) is 0 Å². The first-order valence-electron chi connectivity index (χ1n) is 6.26. The summed E-state index contributed by atoms with van der Waals surface area (Å²) in [5.74, 6) is 1.54. The summed E-state index contributed by atoms with van der Waals surface area (Å²) in [4.78, 5) is 0. The first-order chi connectivity index (χ1) is 9.69.